The number of aromatic nitrogens is 2. The number of carbonyl (C=O) groups is 1. The molecule has 0 aliphatic heterocycles. The molecule has 3 aromatic rings. The Morgan fingerprint density at radius 2 is 1.82 bits per heavy atom. The van der Waals surface area contributed by atoms with Gasteiger partial charge in [0.1, 0.15) is 0 Å². The van der Waals surface area contributed by atoms with Gasteiger partial charge in [-0.3, -0.25) is 9.59 Å². The maximum Gasteiger partial charge on any atom is 0.271 e. The van der Waals surface area contributed by atoms with Gasteiger partial charge in [0, 0.05) is 22.3 Å². The van der Waals surface area contributed by atoms with Crippen LogP contribution in [0.3, 0.4) is 0 Å². The lowest BCUT2D eigenvalue weighted by Crippen LogP contribution is -2.24. The summed E-state index contributed by atoms with van der Waals surface area (Å²) in [5.41, 5.74) is 4.26. The van der Waals surface area contributed by atoms with Gasteiger partial charge in [-0.2, -0.15) is 4.68 Å². The Kier molecular flexibility index (Phi) is 5.94. The Hall–Kier alpha value is -2.93. The fraction of sp³-hybridized carbons (Fsp3) is 0.190. The predicted molar refractivity (Wildman–Crippen MR) is 112 cm³/mol. The Labute approximate surface area is 171 Å². The molecule has 0 unspecified atom stereocenters. The molecular weight excluding hydrogens is 422 g/mol. The third-order valence-corrected chi connectivity index (χ3v) is 5.19. The molecule has 1 heterocycles. The predicted octanol–water partition coefficient (Wildman–Crippen LogP) is 3.94. The number of nitrogens with zero attached hydrogens (tertiary/aromatic N) is 2. The van der Waals surface area contributed by atoms with Crippen LogP contribution in [0.2, 0.25) is 0 Å². The highest BCUT2D eigenvalue weighted by Gasteiger charge is 2.09. The smallest absolute Gasteiger partial charge is 0.271 e. The van der Waals surface area contributed by atoms with Gasteiger partial charge in [0.15, 0.2) is 6.61 Å². The van der Waals surface area contributed by atoms with Crippen LogP contribution in [0.4, 0.5) is 5.69 Å². The van der Waals surface area contributed by atoms with Crippen molar-refractivity contribution in [2.45, 2.75) is 20.8 Å². The highest BCUT2D eigenvalue weighted by molar-refractivity contribution is 9.10. The molecule has 6 nitrogen and oxygen atoms in total. The zero-order valence-corrected chi connectivity index (χ0v) is 17.4. The lowest BCUT2D eigenvalue weighted by atomic mass is 10.1. The molecule has 144 valence electrons. The van der Waals surface area contributed by atoms with Crippen LogP contribution < -0.4 is 15.6 Å². The molecule has 0 fully saturated rings. The Balaban J connectivity index is 1.70. The molecule has 1 aromatic heterocycles. The minimum Gasteiger partial charge on any atom is -0.467 e. The van der Waals surface area contributed by atoms with Gasteiger partial charge in [-0.05, 0) is 67.8 Å². The molecule has 0 saturated heterocycles. The van der Waals surface area contributed by atoms with E-state index in [1.165, 1.54) is 16.8 Å². The fourth-order valence-electron chi connectivity index (χ4n) is 2.57. The monoisotopic (exact) mass is 441 g/mol. The standard InChI is InChI=1S/C21H20BrN3O3/c1-13-4-6-17(11-14(13)2)25-21(27)9-8-20(24-25)28-12-19(26)23-16-5-7-18(22)15(3)10-16/h4-11H,12H2,1-3H3,(H,23,26). The summed E-state index contributed by atoms with van der Waals surface area (Å²) < 4.78 is 7.71. The summed E-state index contributed by atoms with van der Waals surface area (Å²) >= 11 is 3.42. The molecule has 0 aliphatic rings. The van der Waals surface area contributed by atoms with Gasteiger partial charge in [0.25, 0.3) is 11.5 Å². The summed E-state index contributed by atoms with van der Waals surface area (Å²) in [6.07, 6.45) is 0. The van der Waals surface area contributed by atoms with Crippen molar-refractivity contribution in [2.24, 2.45) is 0 Å². The molecule has 0 saturated carbocycles. The number of halogens is 1. The molecule has 1 amide bonds. The number of anilines is 1. The van der Waals surface area contributed by atoms with Crippen molar-refractivity contribution in [3.63, 3.8) is 0 Å². The highest BCUT2D eigenvalue weighted by atomic mass is 79.9. The first-order chi connectivity index (χ1) is 13.3. The SMILES string of the molecule is Cc1ccc(-n2nc(OCC(=O)Nc3ccc(Br)c(C)c3)ccc2=O)cc1C. The van der Waals surface area contributed by atoms with E-state index in [2.05, 4.69) is 26.3 Å². The summed E-state index contributed by atoms with van der Waals surface area (Å²) in [4.78, 5) is 24.3. The molecular formula is C21H20BrN3O3. The maximum absolute atomic E-state index is 12.2. The third-order valence-electron chi connectivity index (χ3n) is 4.30. The van der Waals surface area contributed by atoms with Crippen LogP contribution in [0.15, 0.2) is 57.8 Å². The van der Waals surface area contributed by atoms with Crippen molar-refractivity contribution in [1.82, 2.24) is 9.78 Å². The van der Waals surface area contributed by atoms with E-state index in [0.717, 1.165) is 21.2 Å². The average Bonchev–Trinajstić information content (AvgIpc) is 2.66. The molecule has 0 spiro atoms. The lowest BCUT2D eigenvalue weighted by molar-refractivity contribution is -0.118. The lowest BCUT2D eigenvalue weighted by Gasteiger charge is -2.10. The van der Waals surface area contributed by atoms with Crippen LogP contribution in [0.1, 0.15) is 16.7 Å². The average molecular weight is 442 g/mol. The number of carbonyl (C=O) groups excluding carboxylic acids is 1. The molecule has 0 atom stereocenters. The molecule has 0 radical (unpaired) electrons. The quantitative estimate of drug-likeness (QED) is 0.650. The first-order valence-electron chi connectivity index (χ1n) is 8.70. The van der Waals surface area contributed by atoms with E-state index in [0.29, 0.717) is 11.4 Å². The normalized spacial score (nSPS) is 10.6. The van der Waals surface area contributed by atoms with Crippen molar-refractivity contribution in [1.29, 1.82) is 0 Å². The molecule has 2 aromatic carbocycles. The topological polar surface area (TPSA) is 73.2 Å². The largest absolute Gasteiger partial charge is 0.467 e. The fourth-order valence-corrected chi connectivity index (χ4v) is 2.82. The number of nitrogens with one attached hydrogen (secondary N) is 1. The summed E-state index contributed by atoms with van der Waals surface area (Å²) in [6, 6.07) is 14.0. The molecule has 28 heavy (non-hydrogen) atoms. The van der Waals surface area contributed by atoms with Gasteiger partial charge >= 0.3 is 0 Å². The van der Waals surface area contributed by atoms with Gasteiger partial charge < -0.3 is 10.1 Å². The Morgan fingerprint density at radius 1 is 1.04 bits per heavy atom. The molecule has 3 rings (SSSR count). The number of hydrogen-bond donors (Lipinski definition) is 1. The number of rotatable bonds is 5. The minimum atomic E-state index is -0.313. The van der Waals surface area contributed by atoms with E-state index in [1.54, 1.807) is 6.07 Å². The maximum atomic E-state index is 12.2. The van der Waals surface area contributed by atoms with E-state index in [9.17, 15) is 9.59 Å². The second-order valence-corrected chi connectivity index (χ2v) is 7.35. The van der Waals surface area contributed by atoms with Crippen molar-refractivity contribution in [3.8, 4) is 11.6 Å². The van der Waals surface area contributed by atoms with E-state index in [4.69, 9.17) is 4.74 Å². The van der Waals surface area contributed by atoms with Gasteiger partial charge in [-0.15, -0.1) is 5.10 Å². The number of ether oxygens (including phenoxy) is 1. The Bertz CT molecular complexity index is 1090. The van der Waals surface area contributed by atoms with E-state index in [1.807, 2.05) is 51.1 Å². The van der Waals surface area contributed by atoms with E-state index in [-0.39, 0.29) is 24.0 Å². The first-order valence-corrected chi connectivity index (χ1v) is 9.49. The number of benzene rings is 2. The second-order valence-electron chi connectivity index (χ2n) is 6.49. The van der Waals surface area contributed by atoms with Crippen molar-refractivity contribution < 1.29 is 9.53 Å². The van der Waals surface area contributed by atoms with Crippen LogP contribution in [0.25, 0.3) is 5.69 Å². The van der Waals surface area contributed by atoms with Crippen LogP contribution in [0, 0.1) is 20.8 Å². The summed E-state index contributed by atoms with van der Waals surface area (Å²) in [5.74, 6) is -0.118. The van der Waals surface area contributed by atoms with Crippen molar-refractivity contribution >= 4 is 27.5 Å². The van der Waals surface area contributed by atoms with Crippen molar-refractivity contribution in [3.05, 3.63) is 80.0 Å². The van der Waals surface area contributed by atoms with Crippen molar-refractivity contribution in [2.75, 3.05) is 11.9 Å². The number of aryl methyl sites for hydroxylation is 3. The van der Waals surface area contributed by atoms with Gasteiger partial charge in [-0.25, -0.2) is 0 Å². The molecule has 1 N–H and O–H groups in total. The molecule has 7 heteroatoms. The zero-order chi connectivity index (χ0) is 20.3. The molecule has 0 bridgehead atoms. The zero-order valence-electron chi connectivity index (χ0n) is 15.8. The number of hydrogen-bond acceptors (Lipinski definition) is 4. The Morgan fingerprint density at radius 3 is 2.54 bits per heavy atom. The van der Waals surface area contributed by atoms with Gasteiger partial charge in [0.05, 0.1) is 5.69 Å². The summed E-state index contributed by atoms with van der Waals surface area (Å²) in [7, 11) is 0. The molecule has 0 aliphatic carbocycles. The van der Waals surface area contributed by atoms with E-state index < -0.39 is 0 Å². The minimum absolute atomic E-state index is 0.194. The number of amides is 1. The second kappa shape index (κ2) is 8.39. The third kappa shape index (κ3) is 4.67. The van der Waals surface area contributed by atoms with Crippen LogP contribution in [-0.2, 0) is 4.79 Å². The van der Waals surface area contributed by atoms with Gasteiger partial charge in [-0.1, -0.05) is 22.0 Å². The van der Waals surface area contributed by atoms with Crippen LogP contribution >= 0.6 is 15.9 Å². The summed E-state index contributed by atoms with van der Waals surface area (Å²) in [6.45, 7) is 5.70. The highest BCUT2D eigenvalue weighted by Crippen LogP contribution is 2.20. The van der Waals surface area contributed by atoms with Crippen LogP contribution in [0.5, 0.6) is 5.88 Å². The van der Waals surface area contributed by atoms with Crippen LogP contribution in [-0.4, -0.2) is 22.3 Å². The van der Waals surface area contributed by atoms with Gasteiger partial charge in [0.2, 0.25) is 5.88 Å². The summed E-state index contributed by atoms with van der Waals surface area (Å²) in [5, 5.41) is 6.98. The van der Waals surface area contributed by atoms with E-state index >= 15 is 0 Å². The first kappa shape index (κ1) is 19.8.